The Bertz CT molecular complexity index is 1200. The first-order valence-corrected chi connectivity index (χ1v) is 16.8. The van der Waals surface area contributed by atoms with Gasteiger partial charge in [0, 0.05) is 17.9 Å². The minimum absolute atomic E-state index is 0.130. The van der Waals surface area contributed by atoms with E-state index >= 15 is 13.2 Å². The molecular weight excluding hydrogens is 591 g/mol. The molecule has 0 atom stereocenters. The summed E-state index contributed by atoms with van der Waals surface area (Å²) in [6.07, 6.45) is 6.27. The minimum atomic E-state index is -3.51. The molecule has 250 valence electrons. The number of rotatable bonds is 13. The standard InChI is InChI=1S/C36H47F5O4/c1-2-3-4-5-24-22-43-35(44-23-24)27-8-6-25(7-9-27)28-12-16-31(32(38)20-28)26-10-13-29(14-11-26)36(40,41)45-30-15-17-34(33(39)21-30)42-19-18-37/h12,15-17,20-21,24-27,29,35H,2-11,13-14,18-19,22-23H2,1H3. The lowest BCUT2D eigenvalue weighted by molar-refractivity contribution is -0.229. The van der Waals surface area contributed by atoms with Crippen molar-refractivity contribution in [3.05, 3.63) is 59.2 Å². The fourth-order valence-corrected chi connectivity index (χ4v) is 7.32. The predicted octanol–water partition coefficient (Wildman–Crippen LogP) is 10.1. The van der Waals surface area contributed by atoms with Gasteiger partial charge >= 0.3 is 6.11 Å². The summed E-state index contributed by atoms with van der Waals surface area (Å²) in [7, 11) is 0. The van der Waals surface area contributed by atoms with E-state index in [-0.39, 0.29) is 54.9 Å². The average Bonchev–Trinajstić information content (AvgIpc) is 3.05. The van der Waals surface area contributed by atoms with E-state index in [1.165, 1.54) is 25.3 Å². The zero-order valence-corrected chi connectivity index (χ0v) is 26.3. The van der Waals surface area contributed by atoms with Gasteiger partial charge in [-0.3, -0.25) is 0 Å². The molecule has 2 aliphatic carbocycles. The molecule has 4 nitrogen and oxygen atoms in total. The van der Waals surface area contributed by atoms with E-state index in [0.717, 1.165) is 63.0 Å². The summed E-state index contributed by atoms with van der Waals surface area (Å²) >= 11 is 0. The zero-order valence-electron chi connectivity index (χ0n) is 26.3. The van der Waals surface area contributed by atoms with Crippen molar-refractivity contribution in [2.75, 3.05) is 26.5 Å². The number of benzene rings is 2. The molecule has 3 aliphatic rings. The lowest BCUT2D eigenvalue weighted by atomic mass is 9.76. The molecule has 5 rings (SSSR count). The summed E-state index contributed by atoms with van der Waals surface area (Å²) in [5.41, 5.74) is 1.58. The molecule has 45 heavy (non-hydrogen) atoms. The van der Waals surface area contributed by atoms with E-state index in [4.69, 9.17) is 18.9 Å². The van der Waals surface area contributed by atoms with Crippen LogP contribution in [-0.4, -0.2) is 38.9 Å². The molecule has 1 aliphatic heterocycles. The third-order valence-electron chi connectivity index (χ3n) is 10.00. The van der Waals surface area contributed by atoms with Gasteiger partial charge in [0.15, 0.2) is 17.9 Å². The van der Waals surface area contributed by atoms with E-state index in [2.05, 4.69) is 6.92 Å². The summed E-state index contributed by atoms with van der Waals surface area (Å²) in [6.45, 7) is 2.65. The maximum Gasteiger partial charge on any atom is 0.400 e. The van der Waals surface area contributed by atoms with Gasteiger partial charge in [0.1, 0.15) is 24.8 Å². The van der Waals surface area contributed by atoms with Crippen molar-refractivity contribution in [1.82, 2.24) is 0 Å². The third-order valence-corrected chi connectivity index (χ3v) is 10.00. The molecule has 9 heteroatoms. The van der Waals surface area contributed by atoms with Crippen LogP contribution in [0.1, 0.15) is 107 Å². The number of unbranched alkanes of at least 4 members (excludes halogenated alkanes) is 2. The quantitative estimate of drug-likeness (QED) is 0.162. The largest absolute Gasteiger partial charge is 0.488 e. The highest BCUT2D eigenvalue weighted by atomic mass is 19.3. The van der Waals surface area contributed by atoms with Crippen LogP contribution in [-0.2, 0) is 9.47 Å². The Balaban J connectivity index is 1.08. The monoisotopic (exact) mass is 638 g/mol. The molecule has 2 saturated carbocycles. The van der Waals surface area contributed by atoms with Gasteiger partial charge in [-0.15, -0.1) is 0 Å². The van der Waals surface area contributed by atoms with E-state index in [0.29, 0.717) is 30.2 Å². The van der Waals surface area contributed by atoms with Crippen LogP contribution in [0, 0.1) is 29.4 Å². The Labute approximate surface area is 264 Å². The molecule has 2 aromatic rings. The van der Waals surface area contributed by atoms with Gasteiger partial charge in [-0.05, 0) is 98.9 Å². The minimum Gasteiger partial charge on any atom is -0.488 e. The lowest BCUT2D eigenvalue weighted by Crippen LogP contribution is -2.38. The summed E-state index contributed by atoms with van der Waals surface area (Å²) < 4.78 is 93.9. The smallest absolute Gasteiger partial charge is 0.400 e. The molecule has 1 heterocycles. The molecule has 0 amide bonds. The van der Waals surface area contributed by atoms with Gasteiger partial charge in [0.05, 0.1) is 19.1 Å². The Morgan fingerprint density at radius 1 is 0.822 bits per heavy atom. The Morgan fingerprint density at radius 3 is 2.18 bits per heavy atom. The van der Waals surface area contributed by atoms with Crippen molar-refractivity contribution < 1.29 is 40.9 Å². The molecule has 2 aromatic carbocycles. The van der Waals surface area contributed by atoms with Crippen LogP contribution in [0.25, 0.3) is 0 Å². The van der Waals surface area contributed by atoms with Crippen molar-refractivity contribution in [2.24, 2.45) is 17.8 Å². The maximum atomic E-state index is 15.4. The van der Waals surface area contributed by atoms with E-state index in [9.17, 15) is 8.78 Å². The van der Waals surface area contributed by atoms with Crippen molar-refractivity contribution in [1.29, 1.82) is 0 Å². The van der Waals surface area contributed by atoms with Crippen LogP contribution in [0.4, 0.5) is 22.0 Å². The van der Waals surface area contributed by atoms with Crippen LogP contribution in [0.5, 0.6) is 11.5 Å². The number of ether oxygens (including phenoxy) is 4. The van der Waals surface area contributed by atoms with Crippen LogP contribution in [0.3, 0.4) is 0 Å². The summed E-state index contributed by atoms with van der Waals surface area (Å²) in [5.74, 6) is -1.76. The third kappa shape index (κ3) is 8.91. The molecule has 0 bridgehead atoms. The number of alkyl halides is 3. The number of halogens is 5. The Morgan fingerprint density at radius 2 is 1.53 bits per heavy atom. The summed E-state index contributed by atoms with van der Waals surface area (Å²) in [4.78, 5) is 0. The second-order valence-electron chi connectivity index (χ2n) is 13.1. The second kappa shape index (κ2) is 15.9. The molecule has 0 aromatic heterocycles. The molecular formula is C36H47F5O4. The number of hydrogen-bond acceptors (Lipinski definition) is 4. The van der Waals surface area contributed by atoms with Gasteiger partial charge in [-0.25, -0.2) is 13.2 Å². The van der Waals surface area contributed by atoms with Crippen LogP contribution >= 0.6 is 0 Å². The van der Waals surface area contributed by atoms with Crippen LogP contribution < -0.4 is 9.47 Å². The van der Waals surface area contributed by atoms with Gasteiger partial charge in [0.25, 0.3) is 0 Å². The van der Waals surface area contributed by atoms with E-state index < -0.39 is 24.5 Å². The topological polar surface area (TPSA) is 36.9 Å². The second-order valence-corrected chi connectivity index (χ2v) is 13.1. The Kier molecular flexibility index (Phi) is 12.0. The van der Waals surface area contributed by atoms with Crippen LogP contribution in [0.2, 0.25) is 0 Å². The van der Waals surface area contributed by atoms with Gasteiger partial charge in [-0.1, -0.05) is 38.3 Å². The molecule has 0 spiro atoms. The van der Waals surface area contributed by atoms with Crippen molar-refractivity contribution in [3.63, 3.8) is 0 Å². The molecule has 0 unspecified atom stereocenters. The first-order chi connectivity index (χ1) is 21.8. The molecule has 0 radical (unpaired) electrons. The van der Waals surface area contributed by atoms with Crippen LogP contribution in [0.15, 0.2) is 36.4 Å². The fraction of sp³-hybridized carbons (Fsp3) is 0.667. The van der Waals surface area contributed by atoms with Gasteiger partial charge in [0.2, 0.25) is 0 Å². The SMILES string of the molecule is CCCCCC1COC(C2CCC(c3ccc(C4CCC(C(F)(F)Oc5ccc(OCCF)c(F)c5)CC4)c(F)c3)CC2)OC1. The molecule has 0 N–H and O–H groups in total. The van der Waals surface area contributed by atoms with E-state index in [1.54, 1.807) is 6.07 Å². The fourth-order valence-electron chi connectivity index (χ4n) is 7.32. The number of hydrogen-bond donors (Lipinski definition) is 0. The van der Waals surface area contributed by atoms with Gasteiger partial charge < -0.3 is 18.9 Å². The van der Waals surface area contributed by atoms with Crippen molar-refractivity contribution >= 4 is 0 Å². The first kappa shape index (κ1) is 34.0. The Hall–Kier alpha value is -2.39. The molecule has 1 saturated heterocycles. The van der Waals surface area contributed by atoms with Crippen molar-refractivity contribution in [3.8, 4) is 11.5 Å². The first-order valence-electron chi connectivity index (χ1n) is 16.8. The average molecular weight is 639 g/mol. The highest BCUT2D eigenvalue weighted by molar-refractivity contribution is 5.33. The van der Waals surface area contributed by atoms with Gasteiger partial charge in [-0.2, -0.15) is 8.78 Å². The zero-order chi connectivity index (χ0) is 31.8. The predicted molar refractivity (Wildman–Crippen MR) is 163 cm³/mol. The highest BCUT2D eigenvalue weighted by Crippen LogP contribution is 2.45. The molecule has 3 fully saturated rings. The van der Waals surface area contributed by atoms with E-state index in [1.807, 2.05) is 12.1 Å². The summed E-state index contributed by atoms with van der Waals surface area (Å²) in [6, 6.07) is 8.65. The maximum absolute atomic E-state index is 15.4. The normalized spacial score (nSPS) is 27.7. The summed E-state index contributed by atoms with van der Waals surface area (Å²) in [5, 5.41) is 0. The lowest BCUT2D eigenvalue weighted by Gasteiger charge is -2.38. The van der Waals surface area contributed by atoms with Crippen molar-refractivity contribution in [2.45, 2.75) is 108 Å². The highest BCUT2D eigenvalue weighted by Gasteiger charge is 2.44.